The molecule has 0 radical (unpaired) electrons. The summed E-state index contributed by atoms with van der Waals surface area (Å²) in [4.78, 5) is 11.5. The Kier molecular flexibility index (Phi) is 3.77. The number of aromatic carboxylic acids is 1. The topological polar surface area (TPSA) is 92.0 Å². The average Bonchev–Trinajstić information content (AvgIpc) is 2.68. The highest BCUT2D eigenvalue weighted by molar-refractivity contribution is 7.88. The predicted molar refractivity (Wildman–Crippen MR) is 77.9 cm³/mol. The van der Waals surface area contributed by atoms with Gasteiger partial charge in [-0.2, -0.15) is 9.40 Å². The van der Waals surface area contributed by atoms with Crippen molar-refractivity contribution in [3.05, 3.63) is 35.2 Å². The molecule has 0 amide bonds. The SMILES string of the molecule is Cc1c(C(=O)O)c2cccnn2c1C(C)N(C)S(C)(=O)=O. The van der Waals surface area contributed by atoms with E-state index < -0.39 is 22.0 Å². The number of carboxylic acid groups (broad SMARTS) is 1. The van der Waals surface area contributed by atoms with E-state index in [4.69, 9.17) is 0 Å². The summed E-state index contributed by atoms with van der Waals surface area (Å²) in [6, 6.07) is 2.77. The van der Waals surface area contributed by atoms with Gasteiger partial charge in [0.2, 0.25) is 10.0 Å². The number of carboxylic acids is 1. The normalized spacial score (nSPS) is 13.8. The molecular formula is C13H17N3O4S. The van der Waals surface area contributed by atoms with Gasteiger partial charge in [0.15, 0.2) is 0 Å². The minimum Gasteiger partial charge on any atom is -0.478 e. The first-order valence-electron chi connectivity index (χ1n) is 6.28. The molecule has 0 aliphatic heterocycles. The van der Waals surface area contributed by atoms with Crippen molar-refractivity contribution >= 4 is 21.5 Å². The summed E-state index contributed by atoms with van der Waals surface area (Å²) in [5.74, 6) is -1.06. The summed E-state index contributed by atoms with van der Waals surface area (Å²) < 4.78 is 26.1. The van der Waals surface area contributed by atoms with Crippen LogP contribution in [0.3, 0.4) is 0 Å². The Morgan fingerprint density at radius 3 is 2.62 bits per heavy atom. The summed E-state index contributed by atoms with van der Waals surface area (Å²) >= 11 is 0. The van der Waals surface area contributed by atoms with Gasteiger partial charge in [-0.15, -0.1) is 0 Å². The lowest BCUT2D eigenvalue weighted by Crippen LogP contribution is -2.29. The lowest BCUT2D eigenvalue weighted by atomic mass is 10.1. The fraction of sp³-hybridized carbons (Fsp3) is 0.385. The number of fused-ring (bicyclic) bond motifs is 1. The number of aromatic nitrogens is 2. The Hall–Kier alpha value is -1.93. The third kappa shape index (κ3) is 2.52. The molecule has 2 heterocycles. The van der Waals surface area contributed by atoms with Crippen LogP contribution in [0.4, 0.5) is 0 Å². The third-order valence-corrected chi connectivity index (χ3v) is 5.03. The molecule has 0 saturated carbocycles. The van der Waals surface area contributed by atoms with E-state index in [1.165, 1.54) is 22.1 Å². The van der Waals surface area contributed by atoms with Crippen molar-refractivity contribution in [1.29, 1.82) is 0 Å². The molecule has 0 spiro atoms. The molecule has 0 aromatic carbocycles. The van der Waals surface area contributed by atoms with Crippen molar-refractivity contribution in [2.45, 2.75) is 19.9 Å². The van der Waals surface area contributed by atoms with Gasteiger partial charge in [0.25, 0.3) is 0 Å². The molecule has 8 heteroatoms. The highest BCUT2D eigenvalue weighted by Crippen LogP contribution is 2.30. The molecule has 21 heavy (non-hydrogen) atoms. The molecule has 2 aromatic rings. The molecule has 0 aliphatic carbocycles. The van der Waals surface area contributed by atoms with E-state index in [0.29, 0.717) is 16.8 Å². The van der Waals surface area contributed by atoms with Crippen molar-refractivity contribution in [3.8, 4) is 0 Å². The summed E-state index contributed by atoms with van der Waals surface area (Å²) in [6.45, 7) is 3.37. The average molecular weight is 311 g/mol. The lowest BCUT2D eigenvalue weighted by Gasteiger charge is -2.23. The third-order valence-electron chi connectivity index (χ3n) is 3.67. The van der Waals surface area contributed by atoms with Crippen LogP contribution in [0.15, 0.2) is 18.3 Å². The standard InChI is InChI=1S/C13H17N3O4S/c1-8-11(13(17)18)10-6-5-7-14-16(10)12(8)9(2)15(3)21(4,19)20/h5-7,9H,1-4H3,(H,17,18). The first-order chi connectivity index (χ1) is 9.66. The largest absolute Gasteiger partial charge is 0.478 e. The van der Waals surface area contributed by atoms with Gasteiger partial charge in [-0.25, -0.2) is 17.7 Å². The van der Waals surface area contributed by atoms with Crippen LogP contribution in [-0.4, -0.2) is 46.7 Å². The van der Waals surface area contributed by atoms with E-state index >= 15 is 0 Å². The second-order valence-corrected chi connectivity index (χ2v) is 7.01. The highest BCUT2D eigenvalue weighted by Gasteiger charge is 2.28. The Labute approximate surface area is 122 Å². The van der Waals surface area contributed by atoms with Crippen LogP contribution in [0, 0.1) is 6.92 Å². The van der Waals surface area contributed by atoms with Gasteiger partial charge in [-0.05, 0) is 31.5 Å². The minimum atomic E-state index is -3.40. The van der Waals surface area contributed by atoms with E-state index in [1.807, 2.05) is 0 Å². The number of sulfonamides is 1. The molecule has 2 rings (SSSR count). The molecule has 114 valence electrons. The Bertz CT molecular complexity index is 810. The highest BCUT2D eigenvalue weighted by atomic mass is 32.2. The van der Waals surface area contributed by atoms with Crippen molar-refractivity contribution in [2.75, 3.05) is 13.3 Å². The fourth-order valence-corrected chi connectivity index (χ4v) is 3.13. The van der Waals surface area contributed by atoms with E-state index in [-0.39, 0.29) is 5.56 Å². The van der Waals surface area contributed by atoms with Gasteiger partial charge in [0.1, 0.15) is 0 Å². The zero-order valence-corrected chi connectivity index (χ0v) is 13.0. The molecule has 0 bridgehead atoms. The van der Waals surface area contributed by atoms with Gasteiger partial charge >= 0.3 is 5.97 Å². The monoisotopic (exact) mass is 311 g/mol. The van der Waals surface area contributed by atoms with Gasteiger partial charge in [-0.3, -0.25) is 0 Å². The number of nitrogens with zero attached hydrogens (tertiary/aromatic N) is 3. The van der Waals surface area contributed by atoms with Gasteiger partial charge in [-0.1, -0.05) is 0 Å². The lowest BCUT2D eigenvalue weighted by molar-refractivity contribution is 0.0698. The maximum absolute atomic E-state index is 11.7. The van der Waals surface area contributed by atoms with Crippen LogP contribution < -0.4 is 0 Å². The summed E-state index contributed by atoms with van der Waals surface area (Å²) in [5, 5.41) is 13.5. The molecule has 0 aliphatic rings. The zero-order chi connectivity index (χ0) is 15.9. The molecule has 1 unspecified atom stereocenters. The maximum Gasteiger partial charge on any atom is 0.338 e. The molecule has 0 saturated heterocycles. The van der Waals surface area contributed by atoms with E-state index in [1.54, 1.807) is 26.0 Å². The Morgan fingerprint density at radius 1 is 1.48 bits per heavy atom. The van der Waals surface area contributed by atoms with E-state index in [0.717, 1.165) is 6.26 Å². The second-order valence-electron chi connectivity index (χ2n) is 4.97. The first kappa shape index (κ1) is 15.5. The summed E-state index contributed by atoms with van der Waals surface area (Å²) in [6.07, 6.45) is 2.65. The van der Waals surface area contributed by atoms with Crippen LogP contribution in [-0.2, 0) is 10.0 Å². The van der Waals surface area contributed by atoms with Gasteiger partial charge < -0.3 is 5.11 Å². The predicted octanol–water partition coefficient (Wildman–Crippen LogP) is 1.29. The Morgan fingerprint density at radius 2 is 2.10 bits per heavy atom. The van der Waals surface area contributed by atoms with Crippen LogP contribution in [0.5, 0.6) is 0 Å². The smallest absolute Gasteiger partial charge is 0.338 e. The van der Waals surface area contributed by atoms with Crippen molar-refractivity contribution in [1.82, 2.24) is 13.9 Å². The molecule has 0 fully saturated rings. The maximum atomic E-state index is 11.7. The van der Waals surface area contributed by atoms with Crippen LogP contribution >= 0.6 is 0 Å². The zero-order valence-electron chi connectivity index (χ0n) is 12.2. The molecule has 1 atom stereocenters. The second kappa shape index (κ2) is 5.12. The van der Waals surface area contributed by atoms with Crippen LogP contribution in [0.2, 0.25) is 0 Å². The van der Waals surface area contributed by atoms with E-state index in [2.05, 4.69) is 5.10 Å². The molecule has 7 nitrogen and oxygen atoms in total. The Balaban J connectivity index is 2.76. The minimum absolute atomic E-state index is 0.145. The van der Waals surface area contributed by atoms with Crippen LogP contribution in [0.25, 0.3) is 5.52 Å². The summed E-state index contributed by atoms with van der Waals surface area (Å²) in [5.41, 5.74) is 1.67. The van der Waals surface area contributed by atoms with Crippen molar-refractivity contribution in [2.24, 2.45) is 0 Å². The number of carbonyl (C=O) groups is 1. The number of hydrogen-bond acceptors (Lipinski definition) is 4. The van der Waals surface area contributed by atoms with Crippen molar-refractivity contribution in [3.63, 3.8) is 0 Å². The molecular weight excluding hydrogens is 294 g/mol. The summed E-state index contributed by atoms with van der Waals surface area (Å²) in [7, 11) is -1.94. The van der Waals surface area contributed by atoms with Crippen molar-refractivity contribution < 1.29 is 18.3 Å². The fourth-order valence-electron chi connectivity index (χ4n) is 2.45. The number of rotatable bonds is 4. The quantitative estimate of drug-likeness (QED) is 0.918. The van der Waals surface area contributed by atoms with Crippen LogP contribution in [0.1, 0.15) is 34.6 Å². The molecule has 2 aromatic heterocycles. The van der Waals surface area contributed by atoms with Gasteiger partial charge in [0, 0.05) is 13.2 Å². The molecule has 1 N–H and O–H groups in total. The van der Waals surface area contributed by atoms with E-state index in [9.17, 15) is 18.3 Å². The van der Waals surface area contributed by atoms with Gasteiger partial charge in [0.05, 0.1) is 29.1 Å². The number of hydrogen-bond donors (Lipinski definition) is 1. The first-order valence-corrected chi connectivity index (χ1v) is 8.13.